The second-order valence-electron chi connectivity index (χ2n) is 22.2. The number of phosphoric ester groups is 1. The third-order valence-corrected chi connectivity index (χ3v) is 15.2. The molecular weight excluding hydrogens is 1050 g/mol. The number of ether oxygens (including phenoxy) is 3. The van der Waals surface area contributed by atoms with Gasteiger partial charge in [-0.2, -0.15) is 0 Å². The molecule has 0 aliphatic rings. The Kier molecular flexibility index (Phi) is 61.1. The molecule has 0 bridgehead atoms. The van der Waals surface area contributed by atoms with E-state index in [1.54, 1.807) is 0 Å². The Morgan fingerprint density at radius 3 is 1.01 bits per heavy atom. The zero-order valence-corrected chi connectivity index (χ0v) is 53.6. The Bertz CT molecular complexity index is 1700. The van der Waals surface area contributed by atoms with E-state index in [0.29, 0.717) is 19.3 Å². The van der Waals surface area contributed by atoms with Gasteiger partial charge in [-0.3, -0.25) is 23.4 Å². The van der Waals surface area contributed by atoms with Gasteiger partial charge in [0.1, 0.15) is 12.7 Å². The van der Waals surface area contributed by atoms with Crippen molar-refractivity contribution in [3.05, 3.63) is 85.1 Å². The topological polar surface area (TPSA) is 155 Å². The van der Waals surface area contributed by atoms with Gasteiger partial charge in [-0.05, 0) is 116 Å². The minimum absolute atomic E-state index is 0.160. The highest BCUT2D eigenvalue weighted by atomic mass is 31.2. The van der Waals surface area contributed by atoms with Crippen LogP contribution in [0.2, 0.25) is 0 Å². The van der Waals surface area contributed by atoms with Crippen molar-refractivity contribution in [2.24, 2.45) is 0 Å². The second-order valence-corrected chi connectivity index (χ2v) is 23.7. The summed E-state index contributed by atoms with van der Waals surface area (Å²) in [6.45, 7) is 4.52. The summed E-state index contributed by atoms with van der Waals surface area (Å²) in [5, 5.41) is 9.87. The van der Waals surface area contributed by atoms with Gasteiger partial charge < -0.3 is 24.2 Å². The Morgan fingerprint density at radius 1 is 0.354 bits per heavy atom. The van der Waals surface area contributed by atoms with Crippen molar-refractivity contribution in [2.75, 3.05) is 26.4 Å². The van der Waals surface area contributed by atoms with Gasteiger partial charge in [-0.25, -0.2) is 4.57 Å². The van der Waals surface area contributed by atoms with Gasteiger partial charge in [0, 0.05) is 19.3 Å². The summed E-state index contributed by atoms with van der Waals surface area (Å²) < 4.78 is 39.7. The average molecular weight is 1170 g/mol. The maximum absolute atomic E-state index is 13.0. The number of esters is 3. The number of rotatable bonds is 62. The van der Waals surface area contributed by atoms with Crippen LogP contribution in [0, 0.1) is 0 Å². The Morgan fingerprint density at radius 2 is 0.634 bits per heavy atom. The van der Waals surface area contributed by atoms with Crippen LogP contribution in [0.1, 0.15) is 303 Å². The van der Waals surface area contributed by atoms with Crippen molar-refractivity contribution in [2.45, 2.75) is 315 Å². The summed E-state index contributed by atoms with van der Waals surface area (Å²) in [5.41, 5.74) is 0. The zero-order valence-electron chi connectivity index (χ0n) is 52.7. The minimum Gasteiger partial charge on any atom is -0.462 e. The molecule has 2 N–H and O–H groups in total. The lowest BCUT2D eigenvalue weighted by Gasteiger charge is -2.21. The van der Waals surface area contributed by atoms with Crippen molar-refractivity contribution in [1.29, 1.82) is 0 Å². The van der Waals surface area contributed by atoms with Gasteiger partial charge in [-0.15, -0.1) is 0 Å². The highest BCUT2D eigenvalue weighted by Crippen LogP contribution is 2.43. The molecule has 0 saturated heterocycles. The van der Waals surface area contributed by atoms with Crippen molar-refractivity contribution in [3.8, 4) is 0 Å². The van der Waals surface area contributed by atoms with Crippen LogP contribution >= 0.6 is 7.82 Å². The first-order valence-corrected chi connectivity index (χ1v) is 35.0. The van der Waals surface area contributed by atoms with Crippen LogP contribution in [-0.2, 0) is 42.2 Å². The fraction of sp³-hybridized carbons (Fsp3) is 0.757. The third-order valence-electron chi connectivity index (χ3n) is 14.3. The normalized spacial score (nSPS) is 13.8. The maximum atomic E-state index is 13.0. The molecule has 474 valence electrons. The molecule has 0 aromatic rings. The van der Waals surface area contributed by atoms with Crippen LogP contribution in [0.5, 0.6) is 0 Å². The lowest BCUT2D eigenvalue weighted by Crippen LogP contribution is -2.30. The molecule has 0 fully saturated rings. The smallest absolute Gasteiger partial charge is 0.462 e. The van der Waals surface area contributed by atoms with Crippen molar-refractivity contribution in [1.82, 2.24) is 0 Å². The zero-order chi connectivity index (χ0) is 59.8. The summed E-state index contributed by atoms with van der Waals surface area (Å²) in [7, 11) is -4.76. The highest BCUT2D eigenvalue weighted by Gasteiger charge is 2.28. The SMILES string of the molecule is CC/C=C\C/C=C\C/C=C\C/C=C\CCCCCCCCC(=O)OCC(COP(=O)(O)OCC(CO)OC(=O)CCCCCCCCC/C=C\C/C=C\CCCCC)OC(=O)CCCCCCCCCCC/C=C\CCCCCCCC. The van der Waals surface area contributed by atoms with Gasteiger partial charge in [0.2, 0.25) is 0 Å². The number of unbranched alkanes of at least 4 members (excludes halogenated alkanes) is 31. The highest BCUT2D eigenvalue weighted by molar-refractivity contribution is 7.47. The number of carbonyl (C=O) groups is 3. The number of allylic oxidation sites excluding steroid dienone is 14. The Hall–Kier alpha value is -3.34. The number of aliphatic hydroxyl groups excluding tert-OH is 1. The summed E-state index contributed by atoms with van der Waals surface area (Å²) in [6.07, 6.45) is 75.2. The van der Waals surface area contributed by atoms with E-state index in [-0.39, 0.29) is 25.9 Å². The fourth-order valence-corrected chi connectivity index (χ4v) is 9.98. The molecule has 11 nitrogen and oxygen atoms in total. The third kappa shape index (κ3) is 61.2. The van der Waals surface area contributed by atoms with Gasteiger partial charge in [-0.1, -0.05) is 254 Å². The van der Waals surface area contributed by atoms with E-state index in [9.17, 15) is 28.9 Å². The van der Waals surface area contributed by atoms with Gasteiger partial charge in [0.25, 0.3) is 0 Å². The maximum Gasteiger partial charge on any atom is 0.472 e. The second kappa shape index (κ2) is 63.7. The van der Waals surface area contributed by atoms with Gasteiger partial charge >= 0.3 is 25.7 Å². The van der Waals surface area contributed by atoms with E-state index in [1.165, 1.54) is 122 Å². The minimum atomic E-state index is -4.76. The first-order valence-electron chi connectivity index (χ1n) is 33.5. The van der Waals surface area contributed by atoms with Gasteiger partial charge in [0.15, 0.2) is 6.10 Å². The molecule has 0 aromatic carbocycles. The molecule has 0 aliphatic carbocycles. The first-order chi connectivity index (χ1) is 40.2. The molecule has 0 saturated carbocycles. The van der Waals surface area contributed by atoms with Crippen molar-refractivity contribution in [3.63, 3.8) is 0 Å². The van der Waals surface area contributed by atoms with E-state index in [4.69, 9.17) is 23.3 Å². The van der Waals surface area contributed by atoms with Crippen molar-refractivity contribution >= 4 is 25.7 Å². The largest absolute Gasteiger partial charge is 0.472 e. The standard InChI is InChI=1S/C70H123O11P/c1-4-7-10-13-16-19-22-25-28-31-33-36-38-41-44-47-50-53-56-59-68(72)77-63-67(81-70(74)61-58-55-52-49-46-43-40-37-34-32-29-26-23-20-17-14-11-8-5-2)65-79-82(75,76)78-64-66(62-71)80-69(73)60-57-54-51-48-45-42-39-35-30-27-24-21-18-15-12-9-6-3/h7,10,16,18-19,21,25-30,33,36,66-67,71H,4-6,8-9,11-15,17,20,22-24,31-32,34-35,37-65H2,1-3H3,(H,75,76)/b10-7-,19-16-,21-18-,28-25-,29-26-,30-27-,36-33-. The van der Waals surface area contributed by atoms with E-state index in [1.807, 2.05) is 0 Å². The summed E-state index contributed by atoms with van der Waals surface area (Å²) in [5.74, 6) is -1.48. The molecule has 0 radical (unpaired) electrons. The molecule has 0 amide bonds. The van der Waals surface area contributed by atoms with Crippen LogP contribution in [0.3, 0.4) is 0 Å². The molecule has 0 heterocycles. The van der Waals surface area contributed by atoms with Crippen LogP contribution < -0.4 is 0 Å². The quantitative estimate of drug-likeness (QED) is 0.0197. The van der Waals surface area contributed by atoms with Crippen LogP contribution in [0.15, 0.2) is 85.1 Å². The lowest BCUT2D eigenvalue weighted by molar-refractivity contribution is -0.161. The summed E-state index contributed by atoms with van der Waals surface area (Å²) in [4.78, 5) is 48.8. The molecule has 3 atom stereocenters. The molecule has 82 heavy (non-hydrogen) atoms. The fourth-order valence-electron chi connectivity index (χ4n) is 9.20. The molecule has 3 unspecified atom stereocenters. The van der Waals surface area contributed by atoms with E-state index < -0.39 is 57.8 Å². The molecular formula is C70H123O11P. The molecule has 0 rings (SSSR count). The predicted molar refractivity (Wildman–Crippen MR) is 344 cm³/mol. The average Bonchev–Trinajstić information content (AvgIpc) is 3.47. The van der Waals surface area contributed by atoms with E-state index >= 15 is 0 Å². The molecule has 0 aromatic heterocycles. The Labute approximate surface area is 502 Å². The number of hydrogen-bond acceptors (Lipinski definition) is 10. The number of carbonyl (C=O) groups excluding carboxylic acids is 3. The van der Waals surface area contributed by atoms with E-state index in [2.05, 4.69) is 106 Å². The first kappa shape index (κ1) is 78.7. The van der Waals surface area contributed by atoms with Gasteiger partial charge in [0.05, 0.1) is 19.8 Å². The van der Waals surface area contributed by atoms with Crippen LogP contribution in [0.4, 0.5) is 0 Å². The summed E-state index contributed by atoms with van der Waals surface area (Å²) >= 11 is 0. The lowest BCUT2D eigenvalue weighted by atomic mass is 10.1. The molecule has 0 spiro atoms. The van der Waals surface area contributed by atoms with Crippen molar-refractivity contribution < 1.29 is 52.2 Å². The predicted octanol–water partition coefficient (Wildman–Crippen LogP) is 20.6. The summed E-state index contributed by atoms with van der Waals surface area (Å²) in [6, 6.07) is 0. The molecule has 12 heteroatoms. The molecule has 0 aliphatic heterocycles. The Balaban J connectivity index is 4.72. The monoisotopic (exact) mass is 1170 g/mol. The van der Waals surface area contributed by atoms with Crippen LogP contribution in [0.25, 0.3) is 0 Å². The van der Waals surface area contributed by atoms with Crippen LogP contribution in [-0.4, -0.2) is 66.5 Å². The van der Waals surface area contributed by atoms with E-state index in [0.717, 1.165) is 122 Å². The number of hydrogen-bond donors (Lipinski definition) is 2. The number of phosphoric acid groups is 1. The number of aliphatic hydroxyl groups is 1.